The van der Waals surface area contributed by atoms with Gasteiger partial charge in [-0.3, -0.25) is 9.59 Å². The molecule has 0 heterocycles. The molecule has 1 aliphatic carbocycles. The summed E-state index contributed by atoms with van der Waals surface area (Å²) in [7, 11) is 0. The summed E-state index contributed by atoms with van der Waals surface area (Å²) < 4.78 is 0. The second-order valence-electron chi connectivity index (χ2n) is 5.40. The highest BCUT2D eigenvalue weighted by molar-refractivity contribution is 5.87. The van der Waals surface area contributed by atoms with Crippen LogP contribution in [0.5, 0.6) is 0 Å². The summed E-state index contributed by atoms with van der Waals surface area (Å²) in [5.41, 5.74) is 5.46. The van der Waals surface area contributed by atoms with Gasteiger partial charge >= 0.3 is 0 Å². The van der Waals surface area contributed by atoms with E-state index in [4.69, 9.17) is 5.73 Å². The Labute approximate surface area is 108 Å². The molecule has 1 fully saturated rings. The quantitative estimate of drug-likeness (QED) is 0.676. The number of amides is 2. The average Bonchev–Trinajstić information content (AvgIpc) is 2.95. The van der Waals surface area contributed by atoms with Gasteiger partial charge in [-0.15, -0.1) is 12.4 Å². The molecule has 0 spiro atoms. The Morgan fingerprint density at radius 1 is 1.35 bits per heavy atom. The molecule has 0 saturated heterocycles. The van der Waals surface area contributed by atoms with Crippen molar-refractivity contribution in [2.75, 3.05) is 6.54 Å². The van der Waals surface area contributed by atoms with Gasteiger partial charge in [0.05, 0.1) is 12.6 Å². The minimum Gasteiger partial charge on any atom is -0.352 e. The molecule has 2 amide bonds. The van der Waals surface area contributed by atoms with Crippen molar-refractivity contribution in [2.45, 2.75) is 45.7 Å². The molecular weight excluding hydrogens is 242 g/mol. The smallest absolute Gasteiger partial charge is 0.239 e. The lowest BCUT2D eigenvalue weighted by Gasteiger charge is -2.25. The highest BCUT2D eigenvalue weighted by Gasteiger charge is 2.28. The normalized spacial score (nSPS) is 16.7. The lowest BCUT2D eigenvalue weighted by atomic mass is 9.87. The van der Waals surface area contributed by atoms with Crippen LogP contribution in [0, 0.1) is 5.41 Å². The predicted octanol–water partition coefficient (Wildman–Crippen LogP) is 0.176. The summed E-state index contributed by atoms with van der Waals surface area (Å²) in [5, 5.41) is 5.34. The fraction of sp³-hybridized carbons (Fsp3) is 0.818. The number of nitrogens with one attached hydrogen (secondary N) is 2. The minimum atomic E-state index is -0.596. The molecule has 1 rings (SSSR count). The van der Waals surface area contributed by atoms with Gasteiger partial charge < -0.3 is 16.4 Å². The third-order valence-corrected chi connectivity index (χ3v) is 2.58. The third kappa shape index (κ3) is 5.89. The van der Waals surface area contributed by atoms with E-state index in [1.165, 1.54) is 0 Å². The first-order valence-corrected chi connectivity index (χ1v) is 5.63. The Balaban J connectivity index is 0.00000256. The number of nitrogens with two attached hydrogens (primary N) is 1. The van der Waals surface area contributed by atoms with Crippen LogP contribution in [-0.4, -0.2) is 30.4 Å². The van der Waals surface area contributed by atoms with Gasteiger partial charge in [0, 0.05) is 6.04 Å². The molecule has 0 bridgehead atoms. The molecule has 1 atom stereocenters. The lowest BCUT2D eigenvalue weighted by molar-refractivity contribution is -0.128. The second-order valence-corrected chi connectivity index (χ2v) is 5.40. The molecule has 0 aromatic carbocycles. The SMILES string of the molecule is CC(C)(C)[C@H](N)C(=O)NCC(=O)NC1CC1.Cl. The standard InChI is InChI=1S/C11H21N3O2.ClH/c1-11(2,3)9(12)10(16)13-6-8(15)14-7-4-5-7;/h7,9H,4-6,12H2,1-3H3,(H,13,16)(H,14,15);1H/t9-;/m1./s1. The van der Waals surface area contributed by atoms with Gasteiger partial charge in [0.25, 0.3) is 0 Å². The minimum absolute atomic E-state index is 0. The molecule has 1 saturated carbocycles. The van der Waals surface area contributed by atoms with Crippen LogP contribution in [0.2, 0.25) is 0 Å². The van der Waals surface area contributed by atoms with Crippen molar-refractivity contribution in [3.63, 3.8) is 0 Å². The van der Waals surface area contributed by atoms with E-state index in [1.807, 2.05) is 20.8 Å². The van der Waals surface area contributed by atoms with Gasteiger partial charge in [-0.25, -0.2) is 0 Å². The number of carbonyl (C=O) groups excluding carboxylic acids is 2. The molecule has 5 nitrogen and oxygen atoms in total. The van der Waals surface area contributed by atoms with Crippen molar-refractivity contribution < 1.29 is 9.59 Å². The molecule has 0 aromatic heterocycles. The van der Waals surface area contributed by atoms with Crippen LogP contribution in [0.15, 0.2) is 0 Å². The van der Waals surface area contributed by atoms with Gasteiger partial charge in [0.1, 0.15) is 0 Å². The van der Waals surface area contributed by atoms with Crippen molar-refractivity contribution in [2.24, 2.45) is 11.1 Å². The maximum atomic E-state index is 11.6. The number of carbonyl (C=O) groups is 2. The topological polar surface area (TPSA) is 84.2 Å². The summed E-state index contributed by atoms with van der Waals surface area (Å²) in [6.07, 6.45) is 2.09. The maximum absolute atomic E-state index is 11.6. The monoisotopic (exact) mass is 263 g/mol. The van der Waals surface area contributed by atoms with Crippen LogP contribution < -0.4 is 16.4 Å². The van der Waals surface area contributed by atoms with Crippen molar-refractivity contribution in [3.05, 3.63) is 0 Å². The molecule has 1 aliphatic rings. The van der Waals surface area contributed by atoms with Crippen molar-refractivity contribution in [1.82, 2.24) is 10.6 Å². The van der Waals surface area contributed by atoms with Gasteiger partial charge in [-0.2, -0.15) is 0 Å². The summed E-state index contributed by atoms with van der Waals surface area (Å²) >= 11 is 0. The van der Waals surface area contributed by atoms with E-state index in [0.29, 0.717) is 6.04 Å². The lowest BCUT2D eigenvalue weighted by Crippen LogP contribution is -2.50. The van der Waals surface area contributed by atoms with E-state index in [0.717, 1.165) is 12.8 Å². The molecule has 6 heteroatoms. The largest absolute Gasteiger partial charge is 0.352 e. The Hall–Kier alpha value is -0.810. The van der Waals surface area contributed by atoms with E-state index in [2.05, 4.69) is 10.6 Å². The summed E-state index contributed by atoms with van der Waals surface area (Å²) in [4.78, 5) is 22.9. The fourth-order valence-electron chi connectivity index (χ4n) is 1.18. The van der Waals surface area contributed by atoms with E-state index in [-0.39, 0.29) is 36.2 Å². The molecular formula is C11H22ClN3O2. The zero-order valence-corrected chi connectivity index (χ0v) is 11.4. The van der Waals surface area contributed by atoms with Crippen LogP contribution >= 0.6 is 12.4 Å². The molecule has 0 radical (unpaired) electrons. The van der Waals surface area contributed by atoms with Gasteiger partial charge in [0.2, 0.25) is 11.8 Å². The molecule has 100 valence electrons. The maximum Gasteiger partial charge on any atom is 0.239 e. The van der Waals surface area contributed by atoms with Crippen molar-refractivity contribution >= 4 is 24.2 Å². The Kier molecular flexibility index (Phi) is 5.92. The first kappa shape index (κ1) is 16.2. The summed E-state index contributed by atoms with van der Waals surface area (Å²) in [6, 6.07) is -0.276. The van der Waals surface area contributed by atoms with Crippen LogP contribution in [0.3, 0.4) is 0 Å². The van der Waals surface area contributed by atoms with E-state index < -0.39 is 6.04 Å². The summed E-state index contributed by atoms with van der Waals surface area (Å²) in [5.74, 6) is -0.421. The number of hydrogen-bond acceptors (Lipinski definition) is 3. The molecule has 4 N–H and O–H groups in total. The first-order chi connectivity index (χ1) is 7.30. The molecule has 0 aromatic rings. The van der Waals surface area contributed by atoms with Crippen LogP contribution in [0.4, 0.5) is 0 Å². The number of hydrogen-bond donors (Lipinski definition) is 3. The van der Waals surface area contributed by atoms with E-state index in [1.54, 1.807) is 0 Å². The molecule has 0 unspecified atom stereocenters. The molecule has 0 aliphatic heterocycles. The zero-order valence-electron chi connectivity index (χ0n) is 10.6. The first-order valence-electron chi connectivity index (χ1n) is 5.63. The second kappa shape index (κ2) is 6.21. The Bertz CT molecular complexity index is 285. The Morgan fingerprint density at radius 3 is 2.29 bits per heavy atom. The highest BCUT2D eigenvalue weighted by atomic mass is 35.5. The van der Waals surface area contributed by atoms with Crippen LogP contribution in [-0.2, 0) is 9.59 Å². The number of halogens is 1. The average molecular weight is 264 g/mol. The zero-order chi connectivity index (χ0) is 12.3. The number of rotatable bonds is 4. The van der Waals surface area contributed by atoms with Gasteiger partial charge in [0.15, 0.2) is 0 Å². The van der Waals surface area contributed by atoms with E-state index >= 15 is 0 Å². The summed E-state index contributed by atoms with van der Waals surface area (Å²) in [6.45, 7) is 5.68. The van der Waals surface area contributed by atoms with Gasteiger partial charge in [-0.05, 0) is 18.3 Å². The van der Waals surface area contributed by atoms with Gasteiger partial charge in [-0.1, -0.05) is 20.8 Å². The predicted molar refractivity (Wildman–Crippen MR) is 68.9 cm³/mol. The van der Waals surface area contributed by atoms with E-state index in [9.17, 15) is 9.59 Å². The molecule has 17 heavy (non-hydrogen) atoms. The van der Waals surface area contributed by atoms with Crippen molar-refractivity contribution in [3.8, 4) is 0 Å². The fourth-order valence-corrected chi connectivity index (χ4v) is 1.18. The van der Waals surface area contributed by atoms with Crippen LogP contribution in [0.1, 0.15) is 33.6 Å². The highest BCUT2D eigenvalue weighted by Crippen LogP contribution is 2.18. The van der Waals surface area contributed by atoms with Crippen LogP contribution in [0.25, 0.3) is 0 Å². The third-order valence-electron chi connectivity index (χ3n) is 2.58. The van der Waals surface area contributed by atoms with Crippen molar-refractivity contribution in [1.29, 1.82) is 0 Å². The Morgan fingerprint density at radius 2 is 1.88 bits per heavy atom.